The smallest absolute Gasteiger partial charge is 0.250 e. The molecule has 0 saturated heterocycles. The molecule has 1 amide bonds. The Bertz CT molecular complexity index is 1420. The standard InChI is InChI=1S/C28H31N5O3/c1-31(2)11-7-8-27(34)33(4)22-12-20(13-23(16-22)35-5)21-14-24-25(18-32(3)28(24)30-17-21)19-9-10-29-26(15-19)36-6/h7-10,12-18H,11H2,1-6H3/b8-7+. The average Bonchev–Trinajstić information content (AvgIpc) is 3.23. The van der Waals surface area contributed by atoms with Gasteiger partial charge in [0.1, 0.15) is 11.4 Å². The number of benzene rings is 1. The number of anilines is 1. The van der Waals surface area contributed by atoms with Crippen molar-refractivity contribution in [3.63, 3.8) is 0 Å². The third-order valence-electron chi connectivity index (χ3n) is 5.98. The Morgan fingerprint density at radius 1 is 1.00 bits per heavy atom. The van der Waals surface area contributed by atoms with Crippen molar-refractivity contribution in [3.05, 3.63) is 67.1 Å². The minimum Gasteiger partial charge on any atom is -0.497 e. The Morgan fingerprint density at radius 2 is 1.81 bits per heavy atom. The molecule has 1 aromatic carbocycles. The molecule has 0 unspecified atom stereocenters. The lowest BCUT2D eigenvalue weighted by Gasteiger charge is -2.18. The molecule has 3 aromatic heterocycles. The van der Waals surface area contributed by atoms with E-state index in [-0.39, 0.29) is 5.91 Å². The number of carbonyl (C=O) groups is 1. The van der Waals surface area contributed by atoms with Crippen molar-refractivity contribution in [1.82, 2.24) is 19.4 Å². The van der Waals surface area contributed by atoms with Crippen LogP contribution in [0.5, 0.6) is 11.6 Å². The molecule has 0 fully saturated rings. The monoisotopic (exact) mass is 485 g/mol. The average molecular weight is 486 g/mol. The maximum Gasteiger partial charge on any atom is 0.250 e. The van der Waals surface area contributed by atoms with E-state index in [9.17, 15) is 4.79 Å². The zero-order chi connectivity index (χ0) is 25.8. The first kappa shape index (κ1) is 24.9. The van der Waals surface area contributed by atoms with E-state index in [1.807, 2.05) is 73.2 Å². The Hall–Kier alpha value is -4.17. The van der Waals surface area contributed by atoms with Gasteiger partial charge in [0, 0.05) is 79.6 Å². The SMILES string of the molecule is COc1cc(-c2cnc3c(c2)c(-c2ccnc(OC)c2)cn3C)cc(N(C)C(=O)/C=C/CN(C)C)c1. The van der Waals surface area contributed by atoms with Crippen LogP contribution in [0.25, 0.3) is 33.3 Å². The minimum absolute atomic E-state index is 0.110. The zero-order valence-corrected chi connectivity index (χ0v) is 21.5. The summed E-state index contributed by atoms with van der Waals surface area (Å²) in [6, 6.07) is 11.8. The first-order valence-corrected chi connectivity index (χ1v) is 11.5. The fourth-order valence-electron chi connectivity index (χ4n) is 4.00. The van der Waals surface area contributed by atoms with E-state index in [1.54, 1.807) is 38.4 Å². The van der Waals surface area contributed by atoms with Gasteiger partial charge in [0.15, 0.2) is 0 Å². The first-order chi connectivity index (χ1) is 17.3. The number of likely N-dealkylation sites (N-methyl/N-ethyl adjacent to an activating group) is 2. The van der Waals surface area contributed by atoms with Crippen molar-refractivity contribution in [1.29, 1.82) is 0 Å². The predicted octanol–water partition coefficient (Wildman–Crippen LogP) is 4.40. The van der Waals surface area contributed by atoms with Crippen LogP contribution >= 0.6 is 0 Å². The topological polar surface area (TPSA) is 72.7 Å². The molecular formula is C28H31N5O3. The lowest BCUT2D eigenvalue weighted by atomic mass is 10.0. The van der Waals surface area contributed by atoms with Crippen LogP contribution in [-0.4, -0.2) is 67.2 Å². The fraction of sp³-hybridized carbons (Fsp3) is 0.250. The molecule has 0 aliphatic rings. The van der Waals surface area contributed by atoms with E-state index in [1.165, 1.54) is 0 Å². The molecule has 3 heterocycles. The molecule has 0 radical (unpaired) electrons. The van der Waals surface area contributed by atoms with Crippen LogP contribution in [-0.2, 0) is 11.8 Å². The maximum absolute atomic E-state index is 12.8. The zero-order valence-electron chi connectivity index (χ0n) is 21.5. The van der Waals surface area contributed by atoms with Crippen molar-refractivity contribution >= 4 is 22.6 Å². The van der Waals surface area contributed by atoms with Crippen LogP contribution in [0, 0.1) is 0 Å². The van der Waals surface area contributed by atoms with Gasteiger partial charge in [-0.2, -0.15) is 0 Å². The van der Waals surface area contributed by atoms with Crippen molar-refractivity contribution in [2.45, 2.75) is 0 Å². The summed E-state index contributed by atoms with van der Waals surface area (Å²) >= 11 is 0. The van der Waals surface area contributed by atoms with E-state index >= 15 is 0 Å². The van der Waals surface area contributed by atoms with Crippen LogP contribution in [0.15, 0.2) is 67.1 Å². The number of aromatic nitrogens is 3. The Labute approximate surface area is 211 Å². The van der Waals surface area contributed by atoms with Gasteiger partial charge >= 0.3 is 0 Å². The molecule has 4 rings (SSSR count). The number of hydrogen-bond donors (Lipinski definition) is 0. The maximum atomic E-state index is 12.8. The van der Waals surface area contributed by atoms with E-state index in [0.717, 1.165) is 39.0 Å². The van der Waals surface area contributed by atoms with Crippen LogP contribution in [0.2, 0.25) is 0 Å². The lowest BCUT2D eigenvalue weighted by molar-refractivity contribution is -0.113. The Balaban J connectivity index is 1.76. The van der Waals surface area contributed by atoms with Gasteiger partial charge in [-0.1, -0.05) is 6.08 Å². The first-order valence-electron chi connectivity index (χ1n) is 11.5. The van der Waals surface area contributed by atoms with Crippen LogP contribution < -0.4 is 14.4 Å². The highest BCUT2D eigenvalue weighted by Gasteiger charge is 2.15. The number of rotatable bonds is 8. The Kier molecular flexibility index (Phi) is 7.36. The summed E-state index contributed by atoms with van der Waals surface area (Å²) in [6.07, 6.45) is 9.07. The highest BCUT2D eigenvalue weighted by atomic mass is 16.5. The van der Waals surface area contributed by atoms with Crippen molar-refractivity contribution in [2.75, 3.05) is 46.8 Å². The Morgan fingerprint density at radius 3 is 2.53 bits per heavy atom. The summed E-state index contributed by atoms with van der Waals surface area (Å²) < 4.78 is 12.9. The summed E-state index contributed by atoms with van der Waals surface area (Å²) in [7, 11) is 10.9. The third kappa shape index (κ3) is 5.23. The highest BCUT2D eigenvalue weighted by Crippen LogP contribution is 2.35. The fourth-order valence-corrected chi connectivity index (χ4v) is 4.00. The summed E-state index contributed by atoms with van der Waals surface area (Å²) in [5.41, 5.74) is 5.44. The van der Waals surface area contributed by atoms with Gasteiger partial charge in [0.25, 0.3) is 0 Å². The number of aryl methyl sites for hydroxylation is 1. The van der Waals surface area contributed by atoms with Gasteiger partial charge in [0.2, 0.25) is 11.8 Å². The van der Waals surface area contributed by atoms with Crippen LogP contribution in [0.1, 0.15) is 0 Å². The molecular weight excluding hydrogens is 454 g/mol. The number of methoxy groups -OCH3 is 2. The molecule has 8 heteroatoms. The number of nitrogens with zero attached hydrogens (tertiary/aromatic N) is 5. The second-order valence-corrected chi connectivity index (χ2v) is 8.82. The molecule has 0 atom stereocenters. The van der Waals surface area contributed by atoms with Crippen molar-refractivity contribution < 1.29 is 14.3 Å². The molecule has 0 N–H and O–H groups in total. The number of hydrogen-bond acceptors (Lipinski definition) is 6. The van der Waals surface area contributed by atoms with Crippen molar-refractivity contribution in [2.24, 2.45) is 7.05 Å². The van der Waals surface area contributed by atoms with Gasteiger partial charge in [-0.3, -0.25) is 4.79 Å². The van der Waals surface area contributed by atoms with Gasteiger partial charge in [-0.25, -0.2) is 9.97 Å². The number of pyridine rings is 2. The van der Waals surface area contributed by atoms with Gasteiger partial charge in [-0.05, 0) is 49.5 Å². The molecule has 0 bridgehead atoms. The molecule has 4 aromatic rings. The summed E-state index contributed by atoms with van der Waals surface area (Å²) in [5.74, 6) is 1.10. The molecule has 36 heavy (non-hydrogen) atoms. The van der Waals surface area contributed by atoms with E-state index < -0.39 is 0 Å². The molecule has 0 spiro atoms. The third-order valence-corrected chi connectivity index (χ3v) is 5.98. The number of fused-ring (bicyclic) bond motifs is 1. The highest BCUT2D eigenvalue weighted by molar-refractivity contribution is 6.02. The lowest BCUT2D eigenvalue weighted by Crippen LogP contribution is -2.24. The van der Waals surface area contributed by atoms with Gasteiger partial charge in [0.05, 0.1) is 14.2 Å². The molecule has 186 valence electrons. The van der Waals surface area contributed by atoms with Gasteiger partial charge < -0.3 is 23.8 Å². The van der Waals surface area contributed by atoms with Gasteiger partial charge in [-0.15, -0.1) is 0 Å². The van der Waals surface area contributed by atoms with E-state index in [4.69, 9.17) is 14.5 Å². The molecule has 0 aliphatic heterocycles. The predicted molar refractivity (Wildman–Crippen MR) is 144 cm³/mol. The quantitative estimate of drug-likeness (QED) is 0.345. The molecule has 8 nitrogen and oxygen atoms in total. The normalized spacial score (nSPS) is 11.4. The molecule has 0 aliphatic carbocycles. The number of carbonyl (C=O) groups excluding carboxylic acids is 1. The largest absolute Gasteiger partial charge is 0.497 e. The van der Waals surface area contributed by atoms with E-state index in [0.29, 0.717) is 18.2 Å². The van der Waals surface area contributed by atoms with Crippen molar-refractivity contribution in [3.8, 4) is 33.9 Å². The summed E-state index contributed by atoms with van der Waals surface area (Å²) in [4.78, 5) is 25.3. The number of amides is 1. The summed E-state index contributed by atoms with van der Waals surface area (Å²) in [5, 5.41) is 1.00. The second kappa shape index (κ2) is 10.6. The van der Waals surface area contributed by atoms with Crippen LogP contribution in [0.3, 0.4) is 0 Å². The number of ether oxygens (including phenoxy) is 2. The minimum atomic E-state index is -0.110. The second-order valence-electron chi connectivity index (χ2n) is 8.82. The van der Waals surface area contributed by atoms with Crippen LogP contribution in [0.4, 0.5) is 5.69 Å². The summed E-state index contributed by atoms with van der Waals surface area (Å²) in [6.45, 7) is 0.692. The molecule has 0 saturated carbocycles. The van der Waals surface area contributed by atoms with E-state index in [2.05, 4.69) is 17.2 Å².